The maximum absolute atomic E-state index is 13.5. The molecule has 3 atom stereocenters. The number of nitrogens with two attached hydrogens (primary N) is 1. The van der Waals surface area contributed by atoms with Crippen molar-refractivity contribution in [3.8, 4) is 0 Å². The second-order valence-corrected chi connectivity index (χ2v) is 8.48. The zero-order valence-corrected chi connectivity index (χ0v) is 18.8. The smallest absolute Gasteiger partial charge is 0.314 e. The number of nitrogens with zero attached hydrogens (tertiary/aromatic N) is 1. The first-order valence-corrected chi connectivity index (χ1v) is 11.3. The summed E-state index contributed by atoms with van der Waals surface area (Å²) < 4.78 is 5.81. The van der Waals surface area contributed by atoms with E-state index in [0.717, 1.165) is 24.0 Å². The van der Waals surface area contributed by atoms with Gasteiger partial charge in [0.25, 0.3) is 0 Å². The molecule has 1 heterocycles. The van der Waals surface area contributed by atoms with Crippen LogP contribution in [0, 0.1) is 5.41 Å². The van der Waals surface area contributed by atoms with Crippen molar-refractivity contribution in [2.75, 3.05) is 0 Å². The summed E-state index contributed by atoms with van der Waals surface area (Å²) in [5.41, 5.74) is 7.32. The fourth-order valence-corrected chi connectivity index (χ4v) is 4.91. The standard InChI is InChI=1S/C26H34N2O3/c1-4-26(5-2,25(30)31-18-20-12-8-6-9-13-20)23-17-16-22(21-14-10-7-11-15-21)28(23)24(29)19(3)27/h6-15,19,22-23H,4-5,16-18,27H2,1-3H3/t19-,22+,23-/m1/s1. The van der Waals surface area contributed by atoms with Crippen molar-refractivity contribution in [1.29, 1.82) is 0 Å². The third-order valence-electron chi connectivity index (χ3n) is 6.73. The summed E-state index contributed by atoms with van der Waals surface area (Å²) in [6, 6.07) is 18.8. The Balaban J connectivity index is 1.91. The van der Waals surface area contributed by atoms with Crippen LogP contribution in [0.1, 0.15) is 63.6 Å². The molecule has 5 heteroatoms. The van der Waals surface area contributed by atoms with Crippen LogP contribution in [0.5, 0.6) is 0 Å². The van der Waals surface area contributed by atoms with Crippen molar-refractivity contribution in [3.63, 3.8) is 0 Å². The minimum Gasteiger partial charge on any atom is -0.460 e. The van der Waals surface area contributed by atoms with Gasteiger partial charge in [-0.25, -0.2) is 0 Å². The summed E-state index contributed by atoms with van der Waals surface area (Å²) in [5.74, 6) is -0.346. The van der Waals surface area contributed by atoms with E-state index in [0.29, 0.717) is 12.8 Å². The lowest BCUT2D eigenvalue weighted by atomic mass is 9.74. The lowest BCUT2D eigenvalue weighted by molar-refractivity contribution is -0.164. The van der Waals surface area contributed by atoms with Crippen molar-refractivity contribution < 1.29 is 14.3 Å². The number of benzene rings is 2. The molecule has 1 fully saturated rings. The molecule has 1 aliphatic rings. The van der Waals surface area contributed by atoms with Gasteiger partial charge in [-0.2, -0.15) is 0 Å². The number of ether oxygens (including phenoxy) is 1. The number of carbonyl (C=O) groups is 2. The number of hydrogen-bond donors (Lipinski definition) is 1. The maximum atomic E-state index is 13.5. The molecule has 166 valence electrons. The molecule has 2 aromatic rings. The van der Waals surface area contributed by atoms with Gasteiger partial charge in [0, 0.05) is 6.04 Å². The molecule has 0 aliphatic carbocycles. The molecule has 1 aliphatic heterocycles. The fraction of sp³-hybridized carbons (Fsp3) is 0.462. The molecule has 0 radical (unpaired) electrons. The van der Waals surface area contributed by atoms with Crippen LogP contribution < -0.4 is 5.73 Å². The summed E-state index contributed by atoms with van der Waals surface area (Å²) in [7, 11) is 0. The van der Waals surface area contributed by atoms with Crippen LogP contribution in [0.2, 0.25) is 0 Å². The summed E-state index contributed by atoms with van der Waals surface area (Å²) >= 11 is 0. The van der Waals surface area contributed by atoms with Crippen molar-refractivity contribution in [1.82, 2.24) is 4.90 Å². The van der Waals surface area contributed by atoms with Gasteiger partial charge in [-0.3, -0.25) is 9.59 Å². The Kier molecular flexibility index (Phi) is 7.50. The van der Waals surface area contributed by atoms with E-state index in [9.17, 15) is 9.59 Å². The molecule has 2 aromatic carbocycles. The van der Waals surface area contributed by atoms with E-state index in [1.165, 1.54) is 0 Å². The van der Waals surface area contributed by atoms with Gasteiger partial charge in [-0.05, 0) is 43.7 Å². The van der Waals surface area contributed by atoms with Crippen LogP contribution in [0.3, 0.4) is 0 Å². The van der Waals surface area contributed by atoms with E-state index in [1.807, 2.05) is 79.4 Å². The molecule has 3 rings (SSSR count). The molecule has 0 unspecified atom stereocenters. The van der Waals surface area contributed by atoms with E-state index >= 15 is 0 Å². The topological polar surface area (TPSA) is 72.6 Å². The molecule has 2 N–H and O–H groups in total. The summed E-state index contributed by atoms with van der Waals surface area (Å²) in [6.07, 6.45) is 2.76. The Labute approximate surface area is 185 Å². The first-order chi connectivity index (χ1) is 14.9. The zero-order valence-electron chi connectivity index (χ0n) is 18.8. The van der Waals surface area contributed by atoms with Crippen molar-refractivity contribution in [3.05, 3.63) is 71.8 Å². The van der Waals surface area contributed by atoms with E-state index in [1.54, 1.807) is 6.92 Å². The van der Waals surface area contributed by atoms with Crippen LogP contribution in [0.4, 0.5) is 0 Å². The summed E-state index contributed by atoms with van der Waals surface area (Å²) in [4.78, 5) is 28.6. The van der Waals surface area contributed by atoms with Crippen LogP contribution in [-0.2, 0) is 20.9 Å². The second-order valence-electron chi connectivity index (χ2n) is 8.48. The SMILES string of the molecule is CCC(CC)(C(=O)OCc1ccccc1)[C@H]1CC[C@@H](c2ccccc2)N1C(=O)[C@@H](C)N. The highest BCUT2D eigenvalue weighted by molar-refractivity contribution is 5.84. The van der Waals surface area contributed by atoms with Crippen LogP contribution >= 0.6 is 0 Å². The predicted molar refractivity (Wildman–Crippen MR) is 122 cm³/mol. The minimum atomic E-state index is -0.761. The van der Waals surface area contributed by atoms with Crippen molar-refractivity contribution in [2.24, 2.45) is 11.1 Å². The van der Waals surface area contributed by atoms with E-state index < -0.39 is 11.5 Å². The average molecular weight is 423 g/mol. The second kappa shape index (κ2) is 10.1. The number of amides is 1. The lowest BCUT2D eigenvalue weighted by Gasteiger charge is -2.42. The van der Waals surface area contributed by atoms with Gasteiger partial charge in [-0.1, -0.05) is 74.5 Å². The van der Waals surface area contributed by atoms with Crippen LogP contribution in [0.15, 0.2) is 60.7 Å². The highest BCUT2D eigenvalue weighted by Gasteiger charge is 2.53. The monoisotopic (exact) mass is 422 g/mol. The summed E-state index contributed by atoms with van der Waals surface area (Å²) in [5, 5.41) is 0. The number of likely N-dealkylation sites (tertiary alicyclic amines) is 1. The third-order valence-corrected chi connectivity index (χ3v) is 6.73. The normalized spacial score (nSPS) is 19.8. The lowest BCUT2D eigenvalue weighted by Crippen LogP contribution is -2.54. The van der Waals surface area contributed by atoms with E-state index in [4.69, 9.17) is 10.5 Å². The van der Waals surface area contributed by atoms with Gasteiger partial charge in [0.1, 0.15) is 6.61 Å². The first-order valence-electron chi connectivity index (χ1n) is 11.3. The number of rotatable bonds is 8. The Hall–Kier alpha value is -2.66. The molecule has 1 saturated heterocycles. The number of hydrogen-bond acceptors (Lipinski definition) is 4. The van der Waals surface area contributed by atoms with Crippen molar-refractivity contribution in [2.45, 2.75) is 71.2 Å². The molecule has 0 spiro atoms. The molecule has 0 bridgehead atoms. The molecule has 31 heavy (non-hydrogen) atoms. The Morgan fingerprint density at radius 1 is 1.03 bits per heavy atom. The zero-order chi connectivity index (χ0) is 22.4. The predicted octanol–water partition coefficient (Wildman–Crippen LogP) is 4.62. The number of carbonyl (C=O) groups excluding carboxylic acids is 2. The highest BCUT2D eigenvalue weighted by atomic mass is 16.5. The number of esters is 1. The van der Waals surface area contributed by atoms with Crippen molar-refractivity contribution >= 4 is 11.9 Å². The van der Waals surface area contributed by atoms with E-state index in [-0.39, 0.29) is 30.6 Å². The van der Waals surface area contributed by atoms with Gasteiger partial charge in [0.05, 0.1) is 17.5 Å². The Morgan fingerprint density at radius 3 is 2.16 bits per heavy atom. The van der Waals surface area contributed by atoms with Gasteiger partial charge in [0.15, 0.2) is 0 Å². The minimum absolute atomic E-state index is 0.0795. The summed E-state index contributed by atoms with van der Waals surface area (Å²) in [6.45, 7) is 5.97. The molecule has 1 amide bonds. The van der Waals surface area contributed by atoms with Gasteiger partial charge < -0.3 is 15.4 Å². The Bertz CT molecular complexity index is 863. The third kappa shape index (κ3) is 4.67. The van der Waals surface area contributed by atoms with Gasteiger partial charge in [0.2, 0.25) is 5.91 Å². The quantitative estimate of drug-likeness (QED) is 0.630. The Morgan fingerprint density at radius 2 is 1.61 bits per heavy atom. The van der Waals surface area contributed by atoms with Crippen LogP contribution in [0.25, 0.3) is 0 Å². The first kappa shape index (κ1) is 23.0. The molecular formula is C26H34N2O3. The molecule has 0 aromatic heterocycles. The fourth-order valence-electron chi connectivity index (χ4n) is 4.91. The largest absolute Gasteiger partial charge is 0.460 e. The highest BCUT2D eigenvalue weighted by Crippen LogP contribution is 2.47. The van der Waals surface area contributed by atoms with Gasteiger partial charge in [-0.15, -0.1) is 0 Å². The van der Waals surface area contributed by atoms with Crippen LogP contribution in [-0.4, -0.2) is 28.9 Å². The molecule has 5 nitrogen and oxygen atoms in total. The molecular weight excluding hydrogens is 388 g/mol. The molecule has 0 saturated carbocycles. The van der Waals surface area contributed by atoms with Gasteiger partial charge >= 0.3 is 5.97 Å². The van der Waals surface area contributed by atoms with E-state index in [2.05, 4.69) is 0 Å². The maximum Gasteiger partial charge on any atom is 0.314 e. The average Bonchev–Trinajstić information content (AvgIpc) is 3.25.